The number of hydrogen-bond acceptors (Lipinski definition) is 3. The predicted octanol–water partition coefficient (Wildman–Crippen LogP) is 6.18. The average Bonchev–Trinajstić information content (AvgIpc) is 3.28. The monoisotopic (exact) mass is 404 g/mol. The van der Waals surface area contributed by atoms with Crippen LogP contribution in [0.4, 0.5) is 0 Å². The molecule has 4 nitrogen and oxygen atoms in total. The van der Waals surface area contributed by atoms with Gasteiger partial charge in [-0.1, -0.05) is 84.9 Å². The number of hydrogen-bond donors (Lipinski definition) is 1. The summed E-state index contributed by atoms with van der Waals surface area (Å²) in [5.41, 5.74) is 5.01. The molecule has 0 radical (unpaired) electrons. The van der Waals surface area contributed by atoms with Crippen LogP contribution in [-0.2, 0) is 4.74 Å². The van der Waals surface area contributed by atoms with Crippen LogP contribution in [0.2, 0.25) is 0 Å². The summed E-state index contributed by atoms with van der Waals surface area (Å²) in [6.45, 7) is 0. The van der Waals surface area contributed by atoms with Gasteiger partial charge in [-0.05, 0) is 35.4 Å². The topological polar surface area (TPSA) is 55.0 Å². The van der Waals surface area contributed by atoms with Crippen LogP contribution < -0.4 is 0 Å². The standard InChI is InChI=1S/C27H20N2O2/c30-27(31-25(19-10-3-1-4-11-19)20-12-5-2-6-13-20)22-15-9-14-21(18-22)26-28-23-16-7-8-17-24(23)29-26/h1-18,25H,(H,28,29). The average molecular weight is 404 g/mol. The van der Waals surface area contributed by atoms with Crippen LogP contribution in [0.15, 0.2) is 109 Å². The van der Waals surface area contributed by atoms with Gasteiger partial charge in [-0.25, -0.2) is 9.78 Å². The van der Waals surface area contributed by atoms with Crippen molar-refractivity contribution in [1.29, 1.82) is 0 Å². The molecule has 1 N–H and O–H groups in total. The minimum atomic E-state index is -0.482. The Morgan fingerprint density at radius 3 is 2.06 bits per heavy atom. The Labute approximate surface area is 180 Å². The minimum absolute atomic E-state index is 0.379. The summed E-state index contributed by atoms with van der Waals surface area (Å²) in [4.78, 5) is 21.0. The molecule has 4 aromatic carbocycles. The molecule has 0 saturated heterocycles. The van der Waals surface area contributed by atoms with Crippen LogP contribution >= 0.6 is 0 Å². The Morgan fingerprint density at radius 2 is 1.39 bits per heavy atom. The van der Waals surface area contributed by atoms with E-state index in [4.69, 9.17) is 4.74 Å². The largest absolute Gasteiger partial charge is 0.449 e. The van der Waals surface area contributed by atoms with Crippen molar-refractivity contribution in [1.82, 2.24) is 9.97 Å². The van der Waals surface area contributed by atoms with Crippen LogP contribution in [0.1, 0.15) is 27.6 Å². The van der Waals surface area contributed by atoms with Crippen molar-refractivity contribution in [3.8, 4) is 11.4 Å². The van der Waals surface area contributed by atoms with Crippen LogP contribution in [0, 0.1) is 0 Å². The molecule has 150 valence electrons. The summed E-state index contributed by atoms with van der Waals surface area (Å²) in [5, 5.41) is 0. The zero-order chi connectivity index (χ0) is 21.0. The molecule has 5 aromatic rings. The van der Waals surface area contributed by atoms with Crippen molar-refractivity contribution in [2.24, 2.45) is 0 Å². The van der Waals surface area contributed by atoms with Gasteiger partial charge in [0.2, 0.25) is 0 Å². The number of nitrogens with zero attached hydrogens (tertiary/aromatic N) is 1. The molecule has 31 heavy (non-hydrogen) atoms. The smallest absolute Gasteiger partial charge is 0.339 e. The first-order valence-electron chi connectivity index (χ1n) is 10.1. The van der Waals surface area contributed by atoms with E-state index < -0.39 is 6.10 Å². The van der Waals surface area contributed by atoms with Gasteiger partial charge in [0.15, 0.2) is 6.10 Å². The highest BCUT2D eigenvalue weighted by Crippen LogP contribution is 2.28. The van der Waals surface area contributed by atoms with Crippen molar-refractivity contribution < 1.29 is 9.53 Å². The molecule has 4 heteroatoms. The fourth-order valence-corrected chi connectivity index (χ4v) is 3.64. The van der Waals surface area contributed by atoms with Crippen molar-refractivity contribution in [2.45, 2.75) is 6.10 Å². The highest BCUT2D eigenvalue weighted by atomic mass is 16.5. The number of imidazole rings is 1. The zero-order valence-electron chi connectivity index (χ0n) is 16.7. The molecule has 1 heterocycles. The second-order valence-electron chi connectivity index (χ2n) is 7.29. The molecule has 0 aliphatic carbocycles. The number of esters is 1. The van der Waals surface area contributed by atoms with Gasteiger partial charge in [-0.2, -0.15) is 0 Å². The number of benzene rings is 4. The Morgan fingerprint density at radius 1 is 0.742 bits per heavy atom. The Balaban J connectivity index is 1.46. The molecule has 0 spiro atoms. The van der Waals surface area contributed by atoms with Gasteiger partial charge in [0.1, 0.15) is 5.82 Å². The molecule has 0 unspecified atom stereocenters. The lowest BCUT2D eigenvalue weighted by atomic mass is 10.0. The third-order valence-corrected chi connectivity index (χ3v) is 5.19. The number of aromatic nitrogens is 2. The fourth-order valence-electron chi connectivity index (χ4n) is 3.64. The normalized spacial score (nSPS) is 11.0. The van der Waals surface area contributed by atoms with Crippen LogP contribution in [0.25, 0.3) is 22.4 Å². The first-order valence-corrected chi connectivity index (χ1v) is 10.1. The van der Waals surface area contributed by atoms with Gasteiger partial charge < -0.3 is 9.72 Å². The Kier molecular flexibility index (Phi) is 5.03. The van der Waals surface area contributed by atoms with Gasteiger partial charge in [0.25, 0.3) is 0 Å². The number of carbonyl (C=O) groups is 1. The van der Waals surface area contributed by atoms with Crippen molar-refractivity contribution in [3.05, 3.63) is 126 Å². The number of rotatable bonds is 5. The molecule has 0 amide bonds. The van der Waals surface area contributed by atoms with Gasteiger partial charge in [-0.3, -0.25) is 0 Å². The quantitative estimate of drug-likeness (QED) is 0.356. The van der Waals surface area contributed by atoms with E-state index in [9.17, 15) is 4.79 Å². The number of fused-ring (bicyclic) bond motifs is 1. The highest BCUT2D eigenvalue weighted by molar-refractivity contribution is 5.91. The molecule has 5 rings (SSSR count). The molecule has 1 aromatic heterocycles. The summed E-state index contributed by atoms with van der Waals surface area (Å²) < 4.78 is 5.99. The first kappa shape index (κ1) is 18.8. The van der Waals surface area contributed by atoms with E-state index in [2.05, 4.69) is 9.97 Å². The molecule has 0 atom stereocenters. The number of ether oxygens (including phenoxy) is 1. The third kappa shape index (κ3) is 3.96. The molecule has 0 fully saturated rings. The van der Waals surface area contributed by atoms with Crippen LogP contribution in [0.3, 0.4) is 0 Å². The lowest BCUT2D eigenvalue weighted by molar-refractivity contribution is 0.0378. The maximum absolute atomic E-state index is 13.1. The van der Waals surface area contributed by atoms with Crippen molar-refractivity contribution >= 4 is 17.0 Å². The van der Waals surface area contributed by atoms with Crippen molar-refractivity contribution in [3.63, 3.8) is 0 Å². The van der Waals surface area contributed by atoms with Crippen LogP contribution in [-0.4, -0.2) is 15.9 Å². The van der Waals surface area contributed by atoms with Crippen LogP contribution in [0.5, 0.6) is 0 Å². The molecule has 0 saturated carbocycles. The SMILES string of the molecule is O=C(OC(c1ccccc1)c1ccccc1)c1cccc(-c2nc3ccccc3[nH]2)c1. The van der Waals surface area contributed by atoms with E-state index in [0.29, 0.717) is 5.56 Å². The van der Waals surface area contributed by atoms with E-state index in [-0.39, 0.29) is 5.97 Å². The number of carbonyl (C=O) groups excluding carboxylic acids is 1. The predicted molar refractivity (Wildman–Crippen MR) is 122 cm³/mol. The highest BCUT2D eigenvalue weighted by Gasteiger charge is 2.20. The summed E-state index contributed by atoms with van der Waals surface area (Å²) in [5.74, 6) is 0.342. The number of para-hydroxylation sites is 2. The van der Waals surface area contributed by atoms with Gasteiger partial charge in [0.05, 0.1) is 16.6 Å². The molecule has 0 bridgehead atoms. The summed E-state index contributed by atoms with van der Waals surface area (Å²) >= 11 is 0. The maximum atomic E-state index is 13.1. The summed E-state index contributed by atoms with van der Waals surface area (Å²) in [6, 6.07) is 34.8. The van der Waals surface area contributed by atoms with Crippen molar-refractivity contribution in [2.75, 3.05) is 0 Å². The van der Waals surface area contributed by atoms with E-state index in [1.165, 1.54) is 0 Å². The van der Waals surface area contributed by atoms with E-state index in [0.717, 1.165) is 33.5 Å². The Bertz CT molecular complexity index is 1250. The first-order chi connectivity index (χ1) is 15.3. The lowest BCUT2D eigenvalue weighted by Gasteiger charge is -2.19. The number of aromatic amines is 1. The molecular weight excluding hydrogens is 384 g/mol. The second-order valence-corrected chi connectivity index (χ2v) is 7.29. The van der Waals surface area contributed by atoms with Gasteiger partial charge in [-0.15, -0.1) is 0 Å². The molecular formula is C27H20N2O2. The zero-order valence-corrected chi connectivity index (χ0v) is 16.7. The number of H-pyrrole nitrogens is 1. The van der Waals surface area contributed by atoms with E-state index >= 15 is 0 Å². The molecule has 0 aliphatic heterocycles. The summed E-state index contributed by atoms with van der Waals surface area (Å²) in [7, 11) is 0. The Hall–Kier alpha value is -4.18. The lowest BCUT2D eigenvalue weighted by Crippen LogP contribution is -2.13. The van der Waals surface area contributed by atoms with Gasteiger partial charge >= 0.3 is 5.97 Å². The van der Waals surface area contributed by atoms with E-state index in [1.807, 2.05) is 103 Å². The van der Waals surface area contributed by atoms with E-state index in [1.54, 1.807) is 6.07 Å². The molecule has 0 aliphatic rings. The fraction of sp³-hybridized carbons (Fsp3) is 0.0370. The van der Waals surface area contributed by atoms with Gasteiger partial charge in [0, 0.05) is 5.56 Å². The number of nitrogens with one attached hydrogen (secondary N) is 1. The second kappa shape index (κ2) is 8.28. The summed E-state index contributed by atoms with van der Waals surface area (Å²) in [6.07, 6.45) is -0.482. The minimum Gasteiger partial charge on any atom is -0.449 e. The third-order valence-electron chi connectivity index (χ3n) is 5.19. The maximum Gasteiger partial charge on any atom is 0.339 e.